The number of aryl methyl sites for hydroxylation is 2. The first-order valence-electron chi connectivity index (χ1n) is 7.05. The SMILES string of the molecule is CCCCCNC(=O)C(C)Oc1cc(C)cc(C)c1. The Morgan fingerprint density at radius 3 is 2.42 bits per heavy atom. The van der Waals surface area contributed by atoms with E-state index in [1.54, 1.807) is 6.92 Å². The average molecular weight is 263 g/mol. The Hall–Kier alpha value is -1.51. The van der Waals surface area contributed by atoms with Gasteiger partial charge in [0.1, 0.15) is 5.75 Å². The maximum Gasteiger partial charge on any atom is 0.260 e. The van der Waals surface area contributed by atoms with E-state index in [0.29, 0.717) is 0 Å². The van der Waals surface area contributed by atoms with E-state index in [1.165, 1.54) is 0 Å². The third-order valence-electron chi connectivity index (χ3n) is 2.96. The molecule has 0 saturated heterocycles. The first-order valence-corrected chi connectivity index (χ1v) is 7.05. The van der Waals surface area contributed by atoms with E-state index in [9.17, 15) is 4.79 Å². The fourth-order valence-electron chi connectivity index (χ4n) is 1.99. The van der Waals surface area contributed by atoms with Gasteiger partial charge in [-0.05, 0) is 50.5 Å². The average Bonchev–Trinajstić information content (AvgIpc) is 2.33. The van der Waals surface area contributed by atoms with Gasteiger partial charge in [0.25, 0.3) is 5.91 Å². The Kier molecular flexibility index (Phi) is 6.40. The minimum Gasteiger partial charge on any atom is -0.481 e. The number of hydrogen-bond acceptors (Lipinski definition) is 2. The van der Waals surface area contributed by atoms with Crippen molar-refractivity contribution in [2.24, 2.45) is 0 Å². The first kappa shape index (κ1) is 15.5. The highest BCUT2D eigenvalue weighted by atomic mass is 16.5. The van der Waals surface area contributed by atoms with Crippen molar-refractivity contribution < 1.29 is 9.53 Å². The normalized spacial score (nSPS) is 12.0. The molecule has 1 aromatic rings. The van der Waals surface area contributed by atoms with Gasteiger partial charge in [0.2, 0.25) is 0 Å². The molecule has 106 valence electrons. The van der Waals surface area contributed by atoms with Crippen molar-refractivity contribution in [2.45, 2.75) is 53.1 Å². The van der Waals surface area contributed by atoms with Gasteiger partial charge in [-0.15, -0.1) is 0 Å². The van der Waals surface area contributed by atoms with Crippen LogP contribution in [0, 0.1) is 13.8 Å². The topological polar surface area (TPSA) is 38.3 Å². The first-order chi connectivity index (χ1) is 9.02. The van der Waals surface area contributed by atoms with E-state index in [4.69, 9.17) is 4.74 Å². The molecular weight excluding hydrogens is 238 g/mol. The predicted octanol–water partition coefficient (Wildman–Crippen LogP) is 3.38. The number of ether oxygens (including phenoxy) is 1. The number of unbranched alkanes of at least 4 members (excludes halogenated alkanes) is 2. The zero-order valence-electron chi connectivity index (χ0n) is 12.5. The van der Waals surface area contributed by atoms with Crippen LogP contribution in [-0.2, 0) is 4.79 Å². The highest BCUT2D eigenvalue weighted by Gasteiger charge is 2.14. The van der Waals surface area contributed by atoms with Gasteiger partial charge in [0, 0.05) is 6.54 Å². The van der Waals surface area contributed by atoms with Gasteiger partial charge in [-0.1, -0.05) is 25.8 Å². The predicted molar refractivity (Wildman–Crippen MR) is 78.5 cm³/mol. The summed E-state index contributed by atoms with van der Waals surface area (Å²) in [5, 5.41) is 2.90. The second-order valence-electron chi connectivity index (χ2n) is 5.08. The summed E-state index contributed by atoms with van der Waals surface area (Å²) in [6.45, 7) is 8.71. The van der Waals surface area contributed by atoms with Gasteiger partial charge in [-0.2, -0.15) is 0 Å². The minimum absolute atomic E-state index is 0.0461. The van der Waals surface area contributed by atoms with Gasteiger partial charge in [0.05, 0.1) is 0 Å². The number of hydrogen-bond donors (Lipinski definition) is 1. The molecule has 3 heteroatoms. The number of rotatable bonds is 7. The van der Waals surface area contributed by atoms with Crippen LogP contribution in [0.1, 0.15) is 44.2 Å². The van der Waals surface area contributed by atoms with Crippen LogP contribution < -0.4 is 10.1 Å². The standard InChI is InChI=1S/C16H25NO2/c1-5-6-7-8-17-16(18)14(4)19-15-10-12(2)9-13(3)11-15/h9-11,14H,5-8H2,1-4H3,(H,17,18). The summed E-state index contributed by atoms with van der Waals surface area (Å²) in [6, 6.07) is 5.99. The number of carbonyl (C=O) groups is 1. The molecule has 0 bridgehead atoms. The van der Waals surface area contributed by atoms with Crippen LogP contribution in [0.2, 0.25) is 0 Å². The Morgan fingerprint density at radius 2 is 1.84 bits per heavy atom. The largest absolute Gasteiger partial charge is 0.481 e. The van der Waals surface area contributed by atoms with Crippen LogP contribution >= 0.6 is 0 Å². The Balaban J connectivity index is 2.44. The zero-order chi connectivity index (χ0) is 14.3. The molecule has 0 saturated carbocycles. The van der Waals surface area contributed by atoms with Crippen LogP contribution in [0.25, 0.3) is 0 Å². The molecule has 0 aromatic heterocycles. The van der Waals surface area contributed by atoms with Crippen LogP contribution in [-0.4, -0.2) is 18.6 Å². The molecule has 1 rings (SSSR count). The molecule has 0 aliphatic carbocycles. The Bertz CT molecular complexity index is 395. The molecular formula is C16H25NO2. The smallest absolute Gasteiger partial charge is 0.260 e. The lowest BCUT2D eigenvalue weighted by Crippen LogP contribution is -2.36. The lowest BCUT2D eigenvalue weighted by molar-refractivity contribution is -0.127. The summed E-state index contributed by atoms with van der Waals surface area (Å²) >= 11 is 0. The molecule has 0 radical (unpaired) electrons. The van der Waals surface area contributed by atoms with Crippen molar-refractivity contribution in [1.82, 2.24) is 5.32 Å². The van der Waals surface area contributed by atoms with Gasteiger partial charge in [-0.3, -0.25) is 4.79 Å². The van der Waals surface area contributed by atoms with Crippen LogP contribution in [0.3, 0.4) is 0 Å². The minimum atomic E-state index is -0.456. The fraction of sp³-hybridized carbons (Fsp3) is 0.562. The molecule has 1 unspecified atom stereocenters. The van der Waals surface area contributed by atoms with Crippen LogP contribution in [0.5, 0.6) is 5.75 Å². The second-order valence-corrected chi connectivity index (χ2v) is 5.08. The van der Waals surface area contributed by atoms with Gasteiger partial charge >= 0.3 is 0 Å². The quantitative estimate of drug-likeness (QED) is 0.766. The summed E-state index contributed by atoms with van der Waals surface area (Å²) in [6.07, 6.45) is 2.87. The van der Waals surface area contributed by atoms with E-state index < -0.39 is 6.10 Å². The number of amides is 1. The number of benzene rings is 1. The molecule has 1 N–H and O–H groups in total. The molecule has 3 nitrogen and oxygen atoms in total. The van der Waals surface area contributed by atoms with E-state index in [0.717, 1.165) is 42.7 Å². The van der Waals surface area contributed by atoms with Gasteiger partial charge in [0.15, 0.2) is 6.10 Å². The van der Waals surface area contributed by atoms with Crippen molar-refractivity contribution in [3.8, 4) is 5.75 Å². The molecule has 19 heavy (non-hydrogen) atoms. The molecule has 1 aromatic carbocycles. The monoisotopic (exact) mass is 263 g/mol. The van der Waals surface area contributed by atoms with Crippen molar-refractivity contribution in [3.63, 3.8) is 0 Å². The summed E-state index contributed by atoms with van der Waals surface area (Å²) in [4.78, 5) is 11.8. The van der Waals surface area contributed by atoms with E-state index in [1.807, 2.05) is 26.0 Å². The number of nitrogens with one attached hydrogen (secondary N) is 1. The summed E-state index contributed by atoms with van der Waals surface area (Å²) in [5.74, 6) is 0.712. The number of carbonyl (C=O) groups excluding carboxylic acids is 1. The summed E-state index contributed by atoms with van der Waals surface area (Å²) in [7, 11) is 0. The Morgan fingerprint density at radius 1 is 1.21 bits per heavy atom. The third-order valence-corrected chi connectivity index (χ3v) is 2.96. The Labute approximate surface area is 116 Å². The fourth-order valence-corrected chi connectivity index (χ4v) is 1.99. The molecule has 1 amide bonds. The lowest BCUT2D eigenvalue weighted by Gasteiger charge is -2.15. The van der Waals surface area contributed by atoms with Crippen molar-refractivity contribution in [2.75, 3.05) is 6.54 Å². The molecule has 0 spiro atoms. The van der Waals surface area contributed by atoms with Crippen LogP contribution in [0.15, 0.2) is 18.2 Å². The van der Waals surface area contributed by atoms with Crippen molar-refractivity contribution >= 4 is 5.91 Å². The molecule has 0 heterocycles. The van der Waals surface area contributed by atoms with E-state index >= 15 is 0 Å². The third kappa shape index (κ3) is 5.77. The summed E-state index contributed by atoms with van der Waals surface area (Å²) in [5.41, 5.74) is 2.29. The summed E-state index contributed by atoms with van der Waals surface area (Å²) < 4.78 is 5.68. The molecule has 0 fully saturated rings. The zero-order valence-corrected chi connectivity index (χ0v) is 12.5. The molecule has 1 atom stereocenters. The lowest BCUT2D eigenvalue weighted by atomic mass is 10.1. The maximum atomic E-state index is 11.8. The van der Waals surface area contributed by atoms with Gasteiger partial charge in [-0.25, -0.2) is 0 Å². The second kappa shape index (κ2) is 7.82. The van der Waals surface area contributed by atoms with E-state index in [2.05, 4.69) is 18.3 Å². The maximum absolute atomic E-state index is 11.8. The van der Waals surface area contributed by atoms with Crippen LogP contribution in [0.4, 0.5) is 0 Å². The molecule has 0 aliphatic heterocycles. The highest BCUT2D eigenvalue weighted by molar-refractivity contribution is 5.80. The van der Waals surface area contributed by atoms with E-state index in [-0.39, 0.29) is 5.91 Å². The molecule has 0 aliphatic rings. The highest BCUT2D eigenvalue weighted by Crippen LogP contribution is 2.17. The van der Waals surface area contributed by atoms with Crippen molar-refractivity contribution in [1.29, 1.82) is 0 Å². The van der Waals surface area contributed by atoms with Gasteiger partial charge < -0.3 is 10.1 Å². The van der Waals surface area contributed by atoms with Crippen molar-refractivity contribution in [3.05, 3.63) is 29.3 Å².